The second-order valence-corrected chi connectivity index (χ2v) is 6.29. The smallest absolute Gasteiger partial charge is 0.254 e. The van der Waals surface area contributed by atoms with E-state index in [0.29, 0.717) is 31.0 Å². The number of carbonyl (C=O) groups excluding carboxylic acids is 2. The van der Waals surface area contributed by atoms with Gasteiger partial charge in [0.2, 0.25) is 5.91 Å². The van der Waals surface area contributed by atoms with E-state index in [2.05, 4.69) is 10.3 Å². The number of nitrogens with one attached hydrogen (secondary N) is 1. The maximum atomic E-state index is 12.7. The fourth-order valence-electron chi connectivity index (χ4n) is 2.87. The highest BCUT2D eigenvalue weighted by Gasteiger charge is 2.17. The standard InChI is InChI=1S/C21H24N4O3/c1-3-22-20(26)14-24(4-2)21(27)16-8-7-9-18(12-16)28-15-17-13-25-11-6-5-10-19(25)23-17/h5-13H,3-4,14-15H2,1-2H3,(H,22,26). The molecular formula is C21H24N4O3. The van der Waals surface area contributed by atoms with Gasteiger partial charge >= 0.3 is 0 Å². The molecule has 2 aromatic heterocycles. The zero-order valence-electron chi connectivity index (χ0n) is 16.1. The molecular weight excluding hydrogens is 356 g/mol. The Bertz CT molecular complexity index is 934. The van der Waals surface area contributed by atoms with Crippen LogP contribution in [-0.4, -0.2) is 45.7 Å². The highest BCUT2D eigenvalue weighted by Crippen LogP contribution is 2.17. The maximum absolute atomic E-state index is 12.7. The van der Waals surface area contributed by atoms with E-state index in [-0.39, 0.29) is 18.4 Å². The molecule has 0 spiro atoms. The van der Waals surface area contributed by atoms with Crippen molar-refractivity contribution in [2.24, 2.45) is 0 Å². The summed E-state index contributed by atoms with van der Waals surface area (Å²) in [6.07, 6.45) is 3.84. The molecule has 1 aromatic carbocycles. The molecule has 146 valence electrons. The lowest BCUT2D eigenvalue weighted by Crippen LogP contribution is -2.40. The molecule has 0 aliphatic carbocycles. The van der Waals surface area contributed by atoms with E-state index in [1.165, 1.54) is 4.90 Å². The minimum Gasteiger partial charge on any atom is -0.487 e. The quantitative estimate of drug-likeness (QED) is 0.652. The zero-order valence-corrected chi connectivity index (χ0v) is 16.1. The summed E-state index contributed by atoms with van der Waals surface area (Å²) in [7, 11) is 0. The van der Waals surface area contributed by atoms with E-state index < -0.39 is 0 Å². The average Bonchev–Trinajstić information content (AvgIpc) is 3.13. The van der Waals surface area contributed by atoms with Crippen LogP contribution in [0.4, 0.5) is 0 Å². The largest absolute Gasteiger partial charge is 0.487 e. The molecule has 3 aromatic rings. The fraction of sp³-hybridized carbons (Fsp3) is 0.286. The van der Waals surface area contributed by atoms with Crippen LogP contribution in [0.5, 0.6) is 5.75 Å². The monoisotopic (exact) mass is 380 g/mol. The summed E-state index contributed by atoms with van der Waals surface area (Å²) in [5.41, 5.74) is 2.14. The Balaban J connectivity index is 1.66. The molecule has 0 aliphatic rings. The minimum absolute atomic E-state index is 0.0372. The minimum atomic E-state index is -0.202. The van der Waals surface area contributed by atoms with Gasteiger partial charge in [-0.25, -0.2) is 4.98 Å². The second-order valence-electron chi connectivity index (χ2n) is 6.29. The summed E-state index contributed by atoms with van der Waals surface area (Å²) in [5, 5.41) is 2.71. The van der Waals surface area contributed by atoms with Gasteiger partial charge in [0.1, 0.15) is 18.0 Å². The van der Waals surface area contributed by atoms with Crippen molar-refractivity contribution in [2.45, 2.75) is 20.5 Å². The van der Waals surface area contributed by atoms with Gasteiger partial charge in [-0.05, 0) is 44.2 Å². The number of ether oxygens (including phenoxy) is 1. The predicted octanol–water partition coefficient (Wildman–Crippen LogP) is 2.51. The lowest BCUT2D eigenvalue weighted by atomic mass is 10.2. The number of likely N-dealkylation sites (N-methyl/N-ethyl adjacent to an activating group) is 2. The van der Waals surface area contributed by atoms with E-state index in [1.807, 2.05) is 48.8 Å². The second kappa shape index (κ2) is 9.03. The van der Waals surface area contributed by atoms with Gasteiger partial charge in [0, 0.05) is 31.0 Å². The Morgan fingerprint density at radius 2 is 2.04 bits per heavy atom. The summed E-state index contributed by atoms with van der Waals surface area (Å²) in [5.74, 6) is 0.209. The van der Waals surface area contributed by atoms with Crippen molar-refractivity contribution in [1.29, 1.82) is 0 Å². The van der Waals surface area contributed by atoms with Gasteiger partial charge in [-0.2, -0.15) is 0 Å². The molecule has 0 radical (unpaired) electrons. The molecule has 2 heterocycles. The SMILES string of the molecule is CCNC(=O)CN(CC)C(=O)c1cccc(OCc2cn3ccccc3n2)c1. The van der Waals surface area contributed by atoms with Crippen LogP contribution >= 0.6 is 0 Å². The molecule has 0 saturated carbocycles. The van der Waals surface area contributed by atoms with Crippen molar-refractivity contribution in [3.63, 3.8) is 0 Å². The van der Waals surface area contributed by atoms with E-state index in [9.17, 15) is 9.59 Å². The van der Waals surface area contributed by atoms with Gasteiger partial charge in [0.15, 0.2) is 0 Å². The molecule has 0 bridgehead atoms. The first-order valence-electron chi connectivity index (χ1n) is 9.32. The van der Waals surface area contributed by atoms with Gasteiger partial charge in [-0.15, -0.1) is 0 Å². The number of fused-ring (bicyclic) bond motifs is 1. The van der Waals surface area contributed by atoms with Crippen molar-refractivity contribution >= 4 is 17.5 Å². The van der Waals surface area contributed by atoms with Crippen LogP contribution in [0.3, 0.4) is 0 Å². The molecule has 0 unspecified atom stereocenters. The van der Waals surface area contributed by atoms with Crippen molar-refractivity contribution in [3.8, 4) is 5.75 Å². The highest BCUT2D eigenvalue weighted by atomic mass is 16.5. The van der Waals surface area contributed by atoms with E-state index in [1.54, 1.807) is 24.3 Å². The molecule has 7 nitrogen and oxygen atoms in total. The van der Waals surface area contributed by atoms with E-state index >= 15 is 0 Å². The normalized spacial score (nSPS) is 10.6. The van der Waals surface area contributed by atoms with Crippen LogP contribution in [0.1, 0.15) is 29.9 Å². The molecule has 3 rings (SSSR count). The van der Waals surface area contributed by atoms with Gasteiger partial charge in [0.25, 0.3) is 5.91 Å². The molecule has 2 amide bonds. The highest BCUT2D eigenvalue weighted by molar-refractivity contribution is 5.96. The van der Waals surface area contributed by atoms with Crippen LogP contribution in [0.2, 0.25) is 0 Å². The number of hydrogen-bond donors (Lipinski definition) is 1. The Hall–Kier alpha value is -3.35. The van der Waals surface area contributed by atoms with Crippen LogP contribution in [0, 0.1) is 0 Å². The van der Waals surface area contributed by atoms with Crippen molar-refractivity contribution in [3.05, 3.63) is 66.1 Å². The molecule has 1 N–H and O–H groups in total. The number of carbonyl (C=O) groups is 2. The number of benzene rings is 1. The third-order valence-electron chi connectivity index (χ3n) is 4.26. The molecule has 0 fully saturated rings. The number of nitrogens with zero attached hydrogens (tertiary/aromatic N) is 3. The molecule has 0 aliphatic heterocycles. The van der Waals surface area contributed by atoms with Gasteiger partial charge in [-0.3, -0.25) is 9.59 Å². The summed E-state index contributed by atoms with van der Waals surface area (Å²) in [6, 6.07) is 12.8. The third kappa shape index (κ3) is 4.68. The summed E-state index contributed by atoms with van der Waals surface area (Å²) >= 11 is 0. The first kappa shape index (κ1) is 19.4. The topological polar surface area (TPSA) is 75.9 Å². The molecule has 0 saturated heterocycles. The summed E-state index contributed by atoms with van der Waals surface area (Å²) < 4.78 is 7.75. The van der Waals surface area contributed by atoms with Crippen LogP contribution in [-0.2, 0) is 11.4 Å². The Labute approximate surface area is 163 Å². The predicted molar refractivity (Wildman–Crippen MR) is 106 cm³/mol. The van der Waals surface area contributed by atoms with E-state index in [4.69, 9.17) is 4.74 Å². The van der Waals surface area contributed by atoms with Crippen molar-refractivity contribution in [1.82, 2.24) is 19.6 Å². The van der Waals surface area contributed by atoms with Crippen LogP contribution in [0.15, 0.2) is 54.9 Å². The lowest BCUT2D eigenvalue weighted by Gasteiger charge is -2.20. The number of amides is 2. The first-order chi connectivity index (χ1) is 13.6. The number of hydrogen-bond acceptors (Lipinski definition) is 4. The van der Waals surface area contributed by atoms with Crippen molar-refractivity contribution in [2.75, 3.05) is 19.6 Å². The third-order valence-corrected chi connectivity index (χ3v) is 4.26. The zero-order chi connectivity index (χ0) is 19.9. The number of pyridine rings is 1. The Kier molecular flexibility index (Phi) is 6.26. The Morgan fingerprint density at radius 3 is 2.79 bits per heavy atom. The van der Waals surface area contributed by atoms with Crippen LogP contribution < -0.4 is 10.1 Å². The number of imidazole rings is 1. The summed E-state index contributed by atoms with van der Waals surface area (Å²) in [4.78, 5) is 30.5. The molecule has 28 heavy (non-hydrogen) atoms. The van der Waals surface area contributed by atoms with Gasteiger partial charge in [-0.1, -0.05) is 12.1 Å². The molecule has 0 atom stereocenters. The fourth-order valence-corrected chi connectivity index (χ4v) is 2.87. The first-order valence-corrected chi connectivity index (χ1v) is 9.32. The average molecular weight is 380 g/mol. The number of aromatic nitrogens is 2. The van der Waals surface area contributed by atoms with Gasteiger partial charge in [0.05, 0.1) is 12.2 Å². The lowest BCUT2D eigenvalue weighted by molar-refractivity contribution is -0.121. The van der Waals surface area contributed by atoms with Crippen molar-refractivity contribution < 1.29 is 14.3 Å². The summed E-state index contributed by atoms with van der Waals surface area (Å²) in [6.45, 7) is 5.02. The maximum Gasteiger partial charge on any atom is 0.254 e. The van der Waals surface area contributed by atoms with E-state index in [0.717, 1.165) is 11.3 Å². The van der Waals surface area contributed by atoms with Gasteiger partial charge < -0.3 is 19.4 Å². The number of rotatable bonds is 8. The Morgan fingerprint density at radius 1 is 1.18 bits per heavy atom. The molecule has 7 heteroatoms. The van der Waals surface area contributed by atoms with Crippen LogP contribution in [0.25, 0.3) is 5.65 Å².